The van der Waals surface area contributed by atoms with Gasteiger partial charge in [-0.1, -0.05) is 35.9 Å². The summed E-state index contributed by atoms with van der Waals surface area (Å²) in [6.07, 6.45) is 1.66. The number of hydrogen-bond acceptors (Lipinski definition) is 5. The summed E-state index contributed by atoms with van der Waals surface area (Å²) in [6, 6.07) is 17.5. The highest BCUT2D eigenvalue weighted by Gasteiger charge is 2.13. The fraction of sp³-hybridized carbons (Fsp3) is 0.182. The fourth-order valence-corrected chi connectivity index (χ4v) is 2.87. The number of pyridine rings is 1. The van der Waals surface area contributed by atoms with Crippen molar-refractivity contribution < 1.29 is 14.3 Å². The standard InChI is InChI=1S/C22H21N3O3/c1-15-2-4-16(5-3-15)11-25-22(26)19-8-7-18(13-24-19)23-12-17-6-9-20-21(10-17)28-14-27-20/h2-10,13,23H,11-12,14H2,1H3,(H,25,26). The lowest BCUT2D eigenvalue weighted by molar-refractivity contribution is 0.0946. The Labute approximate surface area is 163 Å². The molecule has 4 rings (SSSR count). The Bertz CT molecular complexity index is 969. The van der Waals surface area contributed by atoms with Gasteiger partial charge in [-0.3, -0.25) is 4.79 Å². The average molecular weight is 375 g/mol. The highest BCUT2D eigenvalue weighted by molar-refractivity contribution is 5.92. The van der Waals surface area contributed by atoms with Crippen LogP contribution in [0.25, 0.3) is 0 Å². The molecule has 142 valence electrons. The molecule has 2 N–H and O–H groups in total. The largest absolute Gasteiger partial charge is 0.454 e. The molecule has 3 aromatic rings. The molecule has 28 heavy (non-hydrogen) atoms. The van der Waals surface area contributed by atoms with Gasteiger partial charge in [0.1, 0.15) is 5.69 Å². The van der Waals surface area contributed by atoms with Gasteiger partial charge in [-0.15, -0.1) is 0 Å². The lowest BCUT2D eigenvalue weighted by Gasteiger charge is -2.08. The molecule has 1 aliphatic rings. The molecule has 0 unspecified atom stereocenters. The molecule has 1 aliphatic heterocycles. The molecule has 1 amide bonds. The Morgan fingerprint density at radius 2 is 1.75 bits per heavy atom. The Kier molecular flexibility index (Phi) is 5.10. The smallest absolute Gasteiger partial charge is 0.270 e. The summed E-state index contributed by atoms with van der Waals surface area (Å²) in [5.74, 6) is 1.34. The summed E-state index contributed by atoms with van der Waals surface area (Å²) >= 11 is 0. The summed E-state index contributed by atoms with van der Waals surface area (Å²) in [7, 11) is 0. The number of nitrogens with zero attached hydrogens (tertiary/aromatic N) is 1. The van der Waals surface area contributed by atoms with Crippen LogP contribution in [0.2, 0.25) is 0 Å². The number of benzene rings is 2. The number of anilines is 1. The fourth-order valence-electron chi connectivity index (χ4n) is 2.87. The molecule has 2 heterocycles. The van der Waals surface area contributed by atoms with Crippen LogP contribution in [0.3, 0.4) is 0 Å². The van der Waals surface area contributed by atoms with E-state index < -0.39 is 0 Å². The summed E-state index contributed by atoms with van der Waals surface area (Å²) in [6.45, 7) is 3.40. The normalized spacial score (nSPS) is 11.9. The maximum absolute atomic E-state index is 12.3. The second-order valence-corrected chi connectivity index (χ2v) is 6.64. The second-order valence-electron chi connectivity index (χ2n) is 6.64. The molecular weight excluding hydrogens is 354 g/mol. The van der Waals surface area contributed by atoms with Gasteiger partial charge in [-0.05, 0) is 42.3 Å². The van der Waals surface area contributed by atoms with Crippen LogP contribution in [0.1, 0.15) is 27.2 Å². The van der Waals surface area contributed by atoms with Crippen LogP contribution in [-0.4, -0.2) is 17.7 Å². The van der Waals surface area contributed by atoms with Gasteiger partial charge in [0.15, 0.2) is 11.5 Å². The van der Waals surface area contributed by atoms with E-state index in [9.17, 15) is 4.79 Å². The van der Waals surface area contributed by atoms with Crippen molar-refractivity contribution in [3.05, 3.63) is 83.2 Å². The molecule has 0 spiro atoms. The minimum atomic E-state index is -0.192. The summed E-state index contributed by atoms with van der Waals surface area (Å²) in [5.41, 5.74) is 4.55. The lowest BCUT2D eigenvalue weighted by atomic mass is 10.1. The predicted octanol–water partition coefficient (Wildman–Crippen LogP) is 3.66. The monoisotopic (exact) mass is 375 g/mol. The zero-order valence-electron chi connectivity index (χ0n) is 15.6. The van der Waals surface area contributed by atoms with Crippen LogP contribution < -0.4 is 20.1 Å². The number of rotatable bonds is 6. The van der Waals surface area contributed by atoms with Gasteiger partial charge < -0.3 is 20.1 Å². The van der Waals surface area contributed by atoms with Gasteiger partial charge in [0, 0.05) is 13.1 Å². The zero-order chi connectivity index (χ0) is 19.3. The molecule has 6 heteroatoms. The second kappa shape index (κ2) is 8.00. The van der Waals surface area contributed by atoms with E-state index in [1.165, 1.54) is 5.56 Å². The first-order valence-corrected chi connectivity index (χ1v) is 9.09. The van der Waals surface area contributed by atoms with Gasteiger partial charge >= 0.3 is 0 Å². The van der Waals surface area contributed by atoms with Crippen LogP contribution in [0.4, 0.5) is 5.69 Å². The van der Waals surface area contributed by atoms with E-state index in [4.69, 9.17) is 9.47 Å². The van der Waals surface area contributed by atoms with Gasteiger partial charge in [0.25, 0.3) is 5.91 Å². The number of carbonyl (C=O) groups excluding carboxylic acids is 1. The van der Waals surface area contributed by atoms with E-state index in [-0.39, 0.29) is 12.7 Å². The minimum Gasteiger partial charge on any atom is -0.454 e. The predicted molar refractivity (Wildman–Crippen MR) is 106 cm³/mol. The molecule has 0 fully saturated rings. The molecular formula is C22H21N3O3. The number of ether oxygens (including phenoxy) is 2. The third-order valence-electron chi connectivity index (χ3n) is 4.50. The topological polar surface area (TPSA) is 72.5 Å². The van der Waals surface area contributed by atoms with E-state index in [0.717, 1.165) is 28.3 Å². The Morgan fingerprint density at radius 3 is 2.54 bits per heavy atom. The summed E-state index contributed by atoms with van der Waals surface area (Å²) in [5, 5.41) is 6.18. The quantitative estimate of drug-likeness (QED) is 0.688. The molecule has 0 atom stereocenters. The zero-order valence-corrected chi connectivity index (χ0v) is 15.6. The van der Waals surface area contributed by atoms with Crippen molar-refractivity contribution >= 4 is 11.6 Å². The van der Waals surface area contributed by atoms with Gasteiger partial charge in [0.05, 0.1) is 11.9 Å². The first kappa shape index (κ1) is 17.9. The molecule has 0 radical (unpaired) electrons. The molecule has 0 bridgehead atoms. The van der Waals surface area contributed by atoms with E-state index in [0.29, 0.717) is 18.8 Å². The Balaban J connectivity index is 1.30. The third kappa shape index (κ3) is 4.23. The number of carbonyl (C=O) groups is 1. The molecule has 0 saturated heterocycles. The minimum absolute atomic E-state index is 0.192. The van der Waals surface area contributed by atoms with Gasteiger partial charge in [0.2, 0.25) is 6.79 Å². The maximum atomic E-state index is 12.3. The number of aromatic nitrogens is 1. The van der Waals surface area contributed by atoms with Crippen LogP contribution >= 0.6 is 0 Å². The van der Waals surface area contributed by atoms with Crippen LogP contribution in [0, 0.1) is 6.92 Å². The van der Waals surface area contributed by atoms with E-state index >= 15 is 0 Å². The highest BCUT2D eigenvalue weighted by Crippen LogP contribution is 2.32. The lowest BCUT2D eigenvalue weighted by Crippen LogP contribution is -2.23. The van der Waals surface area contributed by atoms with E-state index in [1.54, 1.807) is 12.3 Å². The maximum Gasteiger partial charge on any atom is 0.270 e. The Morgan fingerprint density at radius 1 is 0.964 bits per heavy atom. The number of fused-ring (bicyclic) bond motifs is 1. The number of hydrogen-bond donors (Lipinski definition) is 2. The van der Waals surface area contributed by atoms with Crippen molar-refractivity contribution in [1.29, 1.82) is 0 Å². The summed E-state index contributed by atoms with van der Waals surface area (Å²) in [4.78, 5) is 16.5. The van der Waals surface area contributed by atoms with Crippen molar-refractivity contribution in [1.82, 2.24) is 10.3 Å². The van der Waals surface area contributed by atoms with Crippen molar-refractivity contribution in [3.8, 4) is 11.5 Å². The molecule has 0 aliphatic carbocycles. The first-order valence-electron chi connectivity index (χ1n) is 9.09. The molecule has 0 saturated carbocycles. The van der Waals surface area contributed by atoms with Crippen molar-refractivity contribution in [2.24, 2.45) is 0 Å². The van der Waals surface area contributed by atoms with E-state index in [1.807, 2.05) is 55.5 Å². The average Bonchev–Trinajstić information content (AvgIpc) is 3.20. The number of aryl methyl sites for hydroxylation is 1. The van der Waals surface area contributed by atoms with Crippen molar-refractivity contribution in [3.63, 3.8) is 0 Å². The molecule has 2 aromatic carbocycles. The van der Waals surface area contributed by atoms with Crippen molar-refractivity contribution in [2.45, 2.75) is 20.0 Å². The van der Waals surface area contributed by atoms with E-state index in [2.05, 4.69) is 15.6 Å². The van der Waals surface area contributed by atoms with Crippen molar-refractivity contribution in [2.75, 3.05) is 12.1 Å². The van der Waals surface area contributed by atoms with Gasteiger partial charge in [-0.25, -0.2) is 4.98 Å². The van der Waals surface area contributed by atoms with Crippen LogP contribution in [0.15, 0.2) is 60.8 Å². The molecule has 1 aromatic heterocycles. The summed E-state index contributed by atoms with van der Waals surface area (Å²) < 4.78 is 10.7. The SMILES string of the molecule is Cc1ccc(CNC(=O)c2ccc(NCc3ccc4c(c3)OCO4)cn2)cc1. The molecule has 6 nitrogen and oxygen atoms in total. The first-order chi connectivity index (χ1) is 13.7. The third-order valence-corrected chi connectivity index (χ3v) is 4.50. The highest BCUT2D eigenvalue weighted by atomic mass is 16.7. The number of nitrogens with one attached hydrogen (secondary N) is 2. The van der Waals surface area contributed by atoms with Gasteiger partial charge in [-0.2, -0.15) is 0 Å². The Hall–Kier alpha value is -3.54. The number of amides is 1. The van der Waals surface area contributed by atoms with Crippen LogP contribution in [-0.2, 0) is 13.1 Å². The van der Waals surface area contributed by atoms with Crippen LogP contribution in [0.5, 0.6) is 11.5 Å².